The molecule has 0 amide bonds. The van der Waals surface area contributed by atoms with Crippen LogP contribution in [0.5, 0.6) is 0 Å². The molecule has 86 valence electrons. The lowest BCUT2D eigenvalue weighted by molar-refractivity contribution is 0.649. The van der Waals surface area contributed by atoms with Crippen LogP contribution in [-0.2, 0) is 6.54 Å². The summed E-state index contributed by atoms with van der Waals surface area (Å²) >= 11 is 12.7. The summed E-state index contributed by atoms with van der Waals surface area (Å²) in [6.07, 6.45) is 3.37. The van der Waals surface area contributed by atoms with Crippen molar-refractivity contribution in [3.8, 4) is 0 Å². The van der Waals surface area contributed by atoms with Crippen LogP contribution in [0.3, 0.4) is 0 Å². The molecule has 1 N–H and O–H groups in total. The number of allylic oxidation sites excluding steroid dienone is 1. The Labute approximate surface area is 105 Å². The Morgan fingerprint density at radius 2 is 2.25 bits per heavy atom. The van der Waals surface area contributed by atoms with Crippen molar-refractivity contribution in [1.29, 1.82) is 0 Å². The van der Waals surface area contributed by atoms with Gasteiger partial charge in [-0.1, -0.05) is 36.2 Å². The van der Waals surface area contributed by atoms with Gasteiger partial charge in [0.25, 0.3) is 0 Å². The number of halogens is 2. The molecule has 0 fully saturated rings. The van der Waals surface area contributed by atoms with Crippen LogP contribution < -0.4 is 5.32 Å². The topological polar surface area (TPSA) is 17.0 Å². The van der Waals surface area contributed by atoms with E-state index in [1.165, 1.54) is 16.8 Å². The molecule has 1 atom stereocenters. The molecule has 4 heteroatoms. The molecular formula is C12H14Cl2N2. The van der Waals surface area contributed by atoms with Crippen molar-refractivity contribution in [3.63, 3.8) is 0 Å². The van der Waals surface area contributed by atoms with Gasteiger partial charge in [-0.15, -0.1) is 0 Å². The molecule has 0 radical (unpaired) electrons. The molecule has 2 nitrogen and oxygen atoms in total. The van der Waals surface area contributed by atoms with Crippen molar-refractivity contribution in [2.75, 3.05) is 13.1 Å². The first-order valence-corrected chi connectivity index (χ1v) is 6.43. The number of nitrogens with one attached hydrogen (secondary N) is 1. The molecule has 2 aliphatic rings. The van der Waals surface area contributed by atoms with E-state index in [0.29, 0.717) is 11.1 Å². The second-order valence-electron chi connectivity index (χ2n) is 4.56. The minimum atomic E-state index is 0.475. The van der Waals surface area contributed by atoms with Gasteiger partial charge in [0.1, 0.15) is 5.15 Å². The van der Waals surface area contributed by atoms with Gasteiger partial charge in [0.05, 0.1) is 10.7 Å². The number of aromatic nitrogens is 1. The molecule has 1 aromatic heterocycles. The van der Waals surface area contributed by atoms with Gasteiger partial charge in [-0.3, -0.25) is 0 Å². The quantitative estimate of drug-likeness (QED) is 0.754. The maximum atomic E-state index is 6.35. The highest BCUT2D eigenvalue weighted by molar-refractivity contribution is 6.42. The van der Waals surface area contributed by atoms with E-state index in [2.05, 4.69) is 22.9 Å². The smallest absolute Gasteiger partial charge is 0.128 e. The molecule has 2 heterocycles. The Bertz CT molecular complexity index is 474. The fourth-order valence-corrected chi connectivity index (χ4v) is 3.34. The zero-order valence-electron chi connectivity index (χ0n) is 9.19. The number of rotatable bonds is 0. The van der Waals surface area contributed by atoms with Crippen LogP contribution in [0.1, 0.15) is 30.5 Å². The first-order valence-electron chi connectivity index (χ1n) is 5.67. The number of hydrogen-bond acceptors (Lipinski definition) is 1. The Hall–Kier alpha value is -0.440. The lowest BCUT2D eigenvalue weighted by atomic mass is 9.88. The van der Waals surface area contributed by atoms with Crippen molar-refractivity contribution in [2.45, 2.75) is 25.8 Å². The molecule has 1 unspecified atom stereocenters. The van der Waals surface area contributed by atoms with E-state index in [1.54, 1.807) is 0 Å². The summed E-state index contributed by atoms with van der Waals surface area (Å²) in [5.74, 6) is 0.475. The van der Waals surface area contributed by atoms with Crippen molar-refractivity contribution < 1.29 is 0 Å². The van der Waals surface area contributed by atoms with Crippen LogP contribution in [0.4, 0.5) is 0 Å². The SMILES string of the molecule is CC1CC=C2CNCCn3c(Cl)c(Cl)c1c32. The third kappa shape index (κ3) is 1.37. The fourth-order valence-electron chi connectivity index (χ4n) is 2.69. The molecule has 3 rings (SSSR count). The molecular weight excluding hydrogens is 243 g/mol. The second kappa shape index (κ2) is 3.80. The summed E-state index contributed by atoms with van der Waals surface area (Å²) in [6, 6.07) is 0. The summed E-state index contributed by atoms with van der Waals surface area (Å²) in [5, 5.41) is 4.88. The minimum Gasteiger partial charge on any atom is -0.329 e. The maximum absolute atomic E-state index is 6.35. The van der Waals surface area contributed by atoms with Gasteiger partial charge in [0.15, 0.2) is 0 Å². The van der Waals surface area contributed by atoms with Crippen LogP contribution in [0.25, 0.3) is 5.57 Å². The first kappa shape index (κ1) is 10.7. The normalized spacial score (nSPS) is 23.7. The highest BCUT2D eigenvalue weighted by atomic mass is 35.5. The summed E-state index contributed by atoms with van der Waals surface area (Å²) < 4.78 is 2.15. The maximum Gasteiger partial charge on any atom is 0.128 e. The first-order chi connectivity index (χ1) is 7.70. The van der Waals surface area contributed by atoms with Gasteiger partial charge in [-0.05, 0) is 17.9 Å². The highest BCUT2D eigenvalue weighted by Crippen LogP contribution is 2.44. The summed E-state index contributed by atoms with van der Waals surface area (Å²) in [6.45, 7) is 4.99. The second-order valence-corrected chi connectivity index (χ2v) is 5.30. The van der Waals surface area contributed by atoms with Crippen LogP contribution in [0.2, 0.25) is 10.2 Å². The Balaban J connectivity index is 2.29. The van der Waals surface area contributed by atoms with E-state index < -0.39 is 0 Å². The van der Waals surface area contributed by atoms with Crippen molar-refractivity contribution in [2.24, 2.45) is 0 Å². The van der Waals surface area contributed by atoms with E-state index >= 15 is 0 Å². The fraction of sp³-hybridized carbons (Fsp3) is 0.500. The summed E-state index contributed by atoms with van der Waals surface area (Å²) in [5.41, 5.74) is 3.85. The molecule has 0 aromatic carbocycles. The standard InChI is InChI=1S/C12H14Cl2N2/c1-7-2-3-8-6-15-4-5-16-11(8)9(7)10(13)12(16)14/h3,7,15H,2,4-6H2,1H3. The van der Waals surface area contributed by atoms with Gasteiger partial charge in [0.2, 0.25) is 0 Å². The van der Waals surface area contributed by atoms with Gasteiger partial charge in [-0.25, -0.2) is 0 Å². The zero-order chi connectivity index (χ0) is 11.3. The van der Waals surface area contributed by atoms with Crippen LogP contribution in [0.15, 0.2) is 6.08 Å². The lowest BCUT2D eigenvalue weighted by Gasteiger charge is -2.20. The Kier molecular flexibility index (Phi) is 2.54. The predicted octanol–water partition coefficient (Wildman–Crippen LogP) is 3.29. The molecule has 1 aliphatic carbocycles. The van der Waals surface area contributed by atoms with Gasteiger partial charge in [0, 0.05) is 25.2 Å². The Morgan fingerprint density at radius 1 is 1.44 bits per heavy atom. The van der Waals surface area contributed by atoms with Crippen LogP contribution >= 0.6 is 23.2 Å². The third-order valence-corrected chi connectivity index (χ3v) is 4.39. The van der Waals surface area contributed by atoms with Crippen molar-refractivity contribution in [3.05, 3.63) is 27.5 Å². The molecule has 0 saturated heterocycles. The third-order valence-electron chi connectivity index (χ3n) is 3.52. The number of hydrogen-bond donors (Lipinski definition) is 1. The van der Waals surface area contributed by atoms with E-state index in [4.69, 9.17) is 23.2 Å². The largest absolute Gasteiger partial charge is 0.329 e. The average molecular weight is 257 g/mol. The lowest BCUT2D eigenvalue weighted by Crippen LogP contribution is -2.17. The number of nitrogens with zero attached hydrogens (tertiary/aromatic N) is 1. The molecule has 16 heavy (non-hydrogen) atoms. The monoisotopic (exact) mass is 256 g/mol. The molecule has 1 aliphatic heterocycles. The molecule has 1 aromatic rings. The van der Waals surface area contributed by atoms with E-state index in [-0.39, 0.29) is 0 Å². The molecule has 0 saturated carbocycles. The summed E-state index contributed by atoms with van der Waals surface area (Å²) in [7, 11) is 0. The van der Waals surface area contributed by atoms with E-state index in [1.807, 2.05) is 0 Å². The predicted molar refractivity (Wildman–Crippen MR) is 68.3 cm³/mol. The highest BCUT2D eigenvalue weighted by Gasteiger charge is 2.29. The summed E-state index contributed by atoms with van der Waals surface area (Å²) in [4.78, 5) is 0. The minimum absolute atomic E-state index is 0.475. The van der Waals surface area contributed by atoms with Crippen molar-refractivity contribution in [1.82, 2.24) is 9.88 Å². The van der Waals surface area contributed by atoms with Gasteiger partial charge in [-0.2, -0.15) is 0 Å². The van der Waals surface area contributed by atoms with Crippen LogP contribution in [0, 0.1) is 0 Å². The molecule has 0 bridgehead atoms. The molecule has 0 spiro atoms. The zero-order valence-corrected chi connectivity index (χ0v) is 10.7. The van der Waals surface area contributed by atoms with Gasteiger partial charge < -0.3 is 9.88 Å². The van der Waals surface area contributed by atoms with Crippen molar-refractivity contribution >= 4 is 28.8 Å². The van der Waals surface area contributed by atoms with Gasteiger partial charge >= 0.3 is 0 Å². The average Bonchev–Trinajstić information content (AvgIpc) is 2.46. The van der Waals surface area contributed by atoms with Crippen LogP contribution in [-0.4, -0.2) is 17.7 Å². The Morgan fingerprint density at radius 3 is 3.06 bits per heavy atom. The van der Waals surface area contributed by atoms with E-state index in [0.717, 1.165) is 31.1 Å². The van der Waals surface area contributed by atoms with E-state index in [9.17, 15) is 0 Å².